The highest BCUT2D eigenvalue weighted by Gasteiger charge is 2.35. The Morgan fingerprint density at radius 3 is 2.59 bits per heavy atom. The number of aromatic nitrogens is 5. The van der Waals surface area contributed by atoms with Crippen LogP contribution in [0.4, 0.5) is 13.2 Å². The molecule has 7 nitrogen and oxygen atoms in total. The van der Waals surface area contributed by atoms with Gasteiger partial charge in [0.1, 0.15) is 0 Å². The van der Waals surface area contributed by atoms with Crippen molar-refractivity contribution in [2.24, 2.45) is 0 Å². The van der Waals surface area contributed by atoms with Gasteiger partial charge in [-0.15, -0.1) is 11.3 Å². The molecule has 0 bridgehead atoms. The van der Waals surface area contributed by atoms with Crippen LogP contribution < -0.4 is 5.32 Å². The molecule has 0 aliphatic rings. The standard InChI is InChI=1S/C22H22BrF3N6OS/c1-4-14-6-7-17(34-14)15-10-18(22(24,25)26)32-19(28-15)11-16(30-32)21(33)27-8-5-9-31-13(3)20(23)12(2)29-31/h6-7,10-11H,4-5,8-9H2,1-3H3,(H,27,33). The molecule has 4 aromatic rings. The highest BCUT2D eigenvalue weighted by Crippen LogP contribution is 2.34. The Kier molecular flexibility index (Phi) is 6.81. The Morgan fingerprint density at radius 1 is 1.21 bits per heavy atom. The van der Waals surface area contributed by atoms with E-state index in [9.17, 15) is 18.0 Å². The lowest BCUT2D eigenvalue weighted by molar-refractivity contribution is -0.142. The first kappa shape index (κ1) is 24.4. The summed E-state index contributed by atoms with van der Waals surface area (Å²) in [6.07, 6.45) is -3.27. The number of thiophene rings is 1. The SMILES string of the molecule is CCc1ccc(-c2cc(C(F)(F)F)n3nc(C(=O)NCCCn4nc(C)c(Br)c4C)cc3n2)s1. The number of nitrogens with zero attached hydrogens (tertiary/aromatic N) is 5. The number of nitrogens with one attached hydrogen (secondary N) is 1. The number of hydrogen-bond donors (Lipinski definition) is 1. The summed E-state index contributed by atoms with van der Waals surface area (Å²) in [5, 5.41) is 11.0. The molecule has 1 N–H and O–H groups in total. The van der Waals surface area contributed by atoms with Crippen molar-refractivity contribution in [2.75, 3.05) is 6.54 Å². The Balaban J connectivity index is 1.53. The van der Waals surface area contributed by atoms with E-state index in [0.717, 1.165) is 33.2 Å². The van der Waals surface area contributed by atoms with E-state index in [4.69, 9.17) is 0 Å². The molecule has 0 atom stereocenters. The zero-order valence-corrected chi connectivity index (χ0v) is 21.1. The Morgan fingerprint density at radius 2 is 1.97 bits per heavy atom. The third-order valence-corrected chi connectivity index (χ3v) is 7.74. The number of carbonyl (C=O) groups excluding carboxylic acids is 1. The lowest BCUT2D eigenvalue weighted by Crippen LogP contribution is -2.26. The van der Waals surface area contributed by atoms with E-state index >= 15 is 0 Å². The number of rotatable bonds is 7. The minimum atomic E-state index is -4.66. The molecule has 34 heavy (non-hydrogen) atoms. The molecule has 0 spiro atoms. The van der Waals surface area contributed by atoms with E-state index in [-0.39, 0.29) is 17.0 Å². The maximum absolute atomic E-state index is 13.8. The average molecular weight is 555 g/mol. The summed E-state index contributed by atoms with van der Waals surface area (Å²) >= 11 is 4.87. The molecule has 4 rings (SSSR count). The minimum absolute atomic E-state index is 0.0334. The van der Waals surface area contributed by atoms with Crippen LogP contribution in [-0.4, -0.2) is 36.8 Å². The Labute approximate surface area is 206 Å². The predicted octanol–water partition coefficient (Wildman–Crippen LogP) is 5.43. The molecular weight excluding hydrogens is 533 g/mol. The molecular formula is C22H22BrF3N6OS. The highest BCUT2D eigenvalue weighted by molar-refractivity contribution is 9.10. The summed E-state index contributed by atoms with van der Waals surface area (Å²) in [6.45, 7) is 6.73. The second-order valence-corrected chi connectivity index (χ2v) is 9.72. The summed E-state index contributed by atoms with van der Waals surface area (Å²) in [5.41, 5.74) is 0.938. The fraction of sp³-hybridized carbons (Fsp3) is 0.364. The van der Waals surface area contributed by atoms with E-state index in [1.54, 1.807) is 6.07 Å². The van der Waals surface area contributed by atoms with Crippen LogP contribution in [0.3, 0.4) is 0 Å². The van der Waals surface area contributed by atoms with Crippen molar-refractivity contribution < 1.29 is 18.0 Å². The van der Waals surface area contributed by atoms with Gasteiger partial charge in [0.05, 0.1) is 20.7 Å². The number of hydrogen-bond acceptors (Lipinski definition) is 5. The van der Waals surface area contributed by atoms with Crippen molar-refractivity contribution in [1.29, 1.82) is 0 Å². The van der Waals surface area contributed by atoms with E-state index < -0.39 is 17.8 Å². The Bertz CT molecular complexity index is 1360. The Hall–Kier alpha value is -2.73. The van der Waals surface area contributed by atoms with Gasteiger partial charge in [-0.05, 0) is 60.8 Å². The first-order valence-corrected chi connectivity index (χ1v) is 12.2. The second-order valence-electron chi connectivity index (χ2n) is 7.76. The number of alkyl halides is 3. The molecule has 0 saturated carbocycles. The van der Waals surface area contributed by atoms with Crippen molar-refractivity contribution in [3.05, 3.63) is 56.4 Å². The molecule has 0 aliphatic heterocycles. The molecule has 0 aliphatic carbocycles. The van der Waals surface area contributed by atoms with Gasteiger partial charge in [-0.1, -0.05) is 6.92 Å². The first-order valence-electron chi connectivity index (χ1n) is 10.6. The highest BCUT2D eigenvalue weighted by atomic mass is 79.9. The second kappa shape index (κ2) is 9.49. The van der Waals surface area contributed by atoms with Crippen molar-refractivity contribution in [1.82, 2.24) is 29.7 Å². The van der Waals surface area contributed by atoms with Gasteiger partial charge >= 0.3 is 6.18 Å². The van der Waals surface area contributed by atoms with Gasteiger partial charge in [0.25, 0.3) is 5.91 Å². The number of halogens is 4. The number of fused-ring (bicyclic) bond motifs is 1. The molecule has 0 aromatic carbocycles. The van der Waals surface area contributed by atoms with E-state index in [0.29, 0.717) is 28.9 Å². The van der Waals surface area contributed by atoms with Gasteiger partial charge in [0.2, 0.25) is 0 Å². The quantitative estimate of drug-likeness (QED) is 0.309. The van der Waals surface area contributed by atoms with Crippen LogP contribution in [-0.2, 0) is 19.1 Å². The van der Waals surface area contributed by atoms with Gasteiger partial charge in [-0.25, -0.2) is 9.50 Å². The summed E-state index contributed by atoms with van der Waals surface area (Å²) in [4.78, 5) is 18.6. The molecule has 12 heteroatoms. The van der Waals surface area contributed by atoms with E-state index in [1.165, 1.54) is 17.4 Å². The molecule has 0 radical (unpaired) electrons. The van der Waals surface area contributed by atoms with Crippen LogP contribution in [0.5, 0.6) is 0 Å². The van der Waals surface area contributed by atoms with Gasteiger partial charge in [0, 0.05) is 29.7 Å². The van der Waals surface area contributed by atoms with Crippen molar-refractivity contribution >= 4 is 38.8 Å². The van der Waals surface area contributed by atoms with Crippen molar-refractivity contribution in [3.8, 4) is 10.6 Å². The van der Waals surface area contributed by atoms with Crippen molar-refractivity contribution in [2.45, 2.75) is 46.3 Å². The van der Waals surface area contributed by atoms with Crippen LogP contribution in [0.2, 0.25) is 0 Å². The summed E-state index contributed by atoms with van der Waals surface area (Å²) in [6, 6.07) is 5.88. The lowest BCUT2D eigenvalue weighted by atomic mass is 10.2. The van der Waals surface area contributed by atoms with Gasteiger partial charge < -0.3 is 5.32 Å². The normalized spacial score (nSPS) is 12.0. The average Bonchev–Trinajstić information content (AvgIpc) is 3.50. The summed E-state index contributed by atoms with van der Waals surface area (Å²) < 4.78 is 44.8. The van der Waals surface area contributed by atoms with Gasteiger partial charge in [-0.3, -0.25) is 9.48 Å². The summed E-state index contributed by atoms with van der Waals surface area (Å²) in [7, 11) is 0. The lowest BCUT2D eigenvalue weighted by Gasteiger charge is -2.10. The molecule has 4 aromatic heterocycles. The molecule has 1 amide bonds. The van der Waals surface area contributed by atoms with Gasteiger partial charge in [0.15, 0.2) is 17.0 Å². The molecule has 0 unspecified atom stereocenters. The van der Waals surface area contributed by atoms with Crippen LogP contribution in [0, 0.1) is 13.8 Å². The molecule has 4 heterocycles. The number of carbonyl (C=O) groups is 1. The zero-order valence-electron chi connectivity index (χ0n) is 18.7. The molecule has 180 valence electrons. The maximum atomic E-state index is 13.8. The number of aryl methyl sites for hydroxylation is 3. The largest absolute Gasteiger partial charge is 0.433 e. The van der Waals surface area contributed by atoms with E-state index in [1.807, 2.05) is 31.5 Å². The van der Waals surface area contributed by atoms with Crippen LogP contribution in [0.25, 0.3) is 16.2 Å². The topological polar surface area (TPSA) is 77.1 Å². The molecule has 0 fully saturated rings. The fourth-order valence-electron chi connectivity index (χ4n) is 3.53. The third-order valence-electron chi connectivity index (χ3n) is 5.34. The first-order chi connectivity index (χ1) is 16.1. The zero-order chi connectivity index (χ0) is 24.6. The van der Waals surface area contributed by atoms with Crippen LogP contribution in [0.15, 0.2) is 28.7 Å². The predicted molar refractivity (Wildman–Crippen MR) is 127 cm³/mol. The van der Waals surface area contributed by atoms with Gasteiger partial charge in [-0.2, -0.15) is 23.4 Å². The fourth-order valence-corrected chi connectivity index (χ4v) is 4.73. The smallest absolute Gasteiger partial charge is 0.351 e. The van der Waals surface area contributed by atoms with Crippen molar-refractivity contribution in [3.63, 3.8) is 0 Å². The van der Waals surface area contributed by atoms with Crippen LogP contribution >= 0.6 is 27.3 Å². The third kappa shape index (κ3) is 4.88. The maximum Gasteiger partial charge on any atom is 0.433 e. The molecule has 0 saturated heterocycles. The van der Waals surface area contributed by atoms with Crippen LogP contribution in [0.1, 0.15) is 45.8 Å². The minimum Gasteiger partial charge on any atom is -0.351 e. The number of amides is 1. The van der Waals surface area contributed by atoms with E-state index in [2.05, 4.69) is 36.4 Å². The summed E-state index contributed by atoms with van der Waals surface area (Å²) in [5.74, 6) is -0.556. The monoisotopic (exact) mass is 554 g/mol.